The highest BCUT2D eigenvalue weighted by Gasteiger charge is 2.07. The summed E-state index contributed by atoms with van der Waals surface area (Å²) in [7, 11) is 0. The summed E-state index contributed by atoms with van der Waals surface area (Å²) in [4.78, 5) is 15.2. The van der Waals surface area contributed by atoms with Crippen molar-refractivity contribution in [3.8, 4) is 0 Å². The van der Waals surface area contributed by atoms with Crippen molar-refractivity contribution in [2.45, 2.75) is 20.3 Å². The smallest absolute Gasteiger partial charge is 0.187 e. The number of anilines is 1. The number of aromatic nitrogens is 1. The standard InChI is InChI=1S/C16H18N2OS/c1-11(2)6-13-7-14(10-19)9-15(8-13)12(3)18-16-17-4-5-20-16/h4-5,7-11H,3,6H2,1-2H3,(H,17,18). The number of hydrogen-bond donors (Lipinski definition) is 1. The predicted molar refractivity (Wildman–Crippen MR) is 85.1 cm³/mol. The number of nitrogens with zero attached hydrogens (tertiary/aromatic N) is 1. The number of nitrogens with one attached hydrogen (secondary N) is 1. The maximum Gasteiger partial charge on any atom is 0.187 e. The molecule has 4 heteroatoms. The number of aldehydes is 1. The van der Waals surface area contributed by atoms with Crippen molar-refractivity contribution < 1.29 is 4.79 Å². The van der Waals surface area contributed by atoms with Crippen LogP contribution in [-0.4, -0.2) is 11.3 Å². The number of carbonyl (C=O) groups excluding carboxylic acids is 1. The molecule has 0 unspecified atom stereocenters. The normalized spacial score (nSPS) is 10.6. The molecule has 3 nitrogen and oxygen atoms in total. The second kappa shape index (κ2) is 6.48. The fourth-order valence-electron chi connectivity index (χ4n) is 2.04. The fourth-order valence-corrected chi connectivity index (χ4v) is 2.59. The van der Waals surface area contributed by atoms with Crippen LogP contribution in [0.1, 0.15) is 35.3 Å². The van der Waals surface area contributed by atoms with E-state index in [-0.39, 0.29) is 0 Å². The van der Waals surface area contributed by atoms with Crippen molar-refractivity contribution in [2.24, 2.45) is 5.92 Å². The Labute approximate surface area is 123 Å². The first-order valence-corrected chi connectivity index (χ1v) is 7.41. The number of benzene rings is 1. The Bertz CT molecular complexity index is 603. The van der Waals surface area contributed by atoms with E-state index in [9.17, 15) is 4.79 Å². The van der Waals surface area contributed by atoms with Gasteiger partial charge in [0, 0.05) is 22.8 Å². The number of carbonyl (C=O) groups is 1. The van der Waals surface area contributed by atoms with Crippen LogP contribution in [0, 0.1) is 5.92 Å². The number of rotatable bonds is 6. The Balaban J connectivity index is 2.25. The molecule has 1 N–H and O–H groups in total. The van der Waals surface area contributed by atoms with Gasteiger partial charge >= 0.3 is 0 Å². The first-order valence-electron chi connectivity index (χ1n) is 6.53. The average Bonchev–Trinajstić information content (AvgIpc) is 2.90. The zero-order valence-corrected chi connectivity index (χ0v) is 12.5. The zero-order valence-electron chi connectivity index (χ0n) is 11.7. The second-order valence-corrected chi connectivity index (χ2v) is 6.01. The lowest BCUT2D eigenvalue weighted by Crippen LogP contribution is -2.01. The molecule has 0 radical (unpaired) electrons. The third-order valence-corrected chi connectivity index (χ3v) is 3.52. The quantitative estimate of drug-likeness (QED) is 0.808. The van der Waals surface area contributed by atoms with Crippen LogP contribution in [0.15, 0.2) is 36.4 Å². The molecule has 0 amide bonds. The van der Waals surface area contributed by atoms with Gasteiger partial charge < -0.3 is 5.32 Å². The van der Waals surface area contributed by atoms with E-state index in [1.165, 1.54) is 11.3 Å². The molecule has 2 rings (SSSR count). The van der Waals surface area contributed by atoms with Gasteiger partial charge in [-0.3, -0.25) is 4.79 Å². The van der Waals surface area contributed by atoms with E-state index in [0.29, 0.717) is 11.5 Å². The molecule has 0 aliphatic heterocycles. The van der Waals surface area contributed by atoms with E-state index in [0.717, 1.165) is 34.7 Å². The first kappa shape index (κ1) is 14.5. The molecule has 1 aromatic heterocycles. The fraction of sp³-hybridized carbons (Fsp3) is 0.250. The van der Waals surface area contributed by atoms with Crippen molar-refractivity contribution >= 4 is 28.5 Å². The summed E-state index contributed by atoms with van der Waals surface area (Å²) in [5.74, 6) is 0.546. The van der Waals surface area contributed by atoms with Crippen LogP contribution in [0.5, 0.6) is 0 Å². The molecule has 0 fully saturated rings. The van der Waals surface area contributed by atoms with Crippen LogP contribution in [0.25, 0.3) is 5.70 Å². The largest absolute Gasteiger partial charge is 0.332 e. The maximum absolute atomic E-state index is 11.1. The van der Waals surface area contributed by atoms with Gasteiger partial charge in [-0.1, -0.05) is 20.4 Å². The van der Waals surface area contributed by atoms with E-state index in [1.807, 2.05) is 17.5 Å². The Morgan fingerprint density at radius 2 is 2.25 bits per heavy atom. The molecule has 2 aromatic rings. The SMILES string of the molecule is C=C(Nc1nccs1)c1cc(C=O)cc(CC(C)C)c1. The minimum Gasteiger partial charge on any atom is -0.332 e. The first-order chi connectivity index (χ1) is 9.58. The highest BCUT2D eigenvalue weighted by atomic mass is 32.1. The molecule has 104 valence electrons. The monoisotopic (exact) mass is 286 g/mol. The Morgan fingerprint density at radius 3 is 2.85 bits per heavy atom. The van der Waals surface area contributed by atoms with E-state index in [4.69, 9.17) is 0 Å². The van der Waals surface area contributed by atoms with Crippen LogP contribution in [-0.2, 0) is 6.42 Å². The number of thiazole rings is 1. The summed E-state index contributed by atoms with van der Waals surface area (Å²) in [6.07, 6.45) is 3.57. The molecule has 0 saturated carbocycles. The summed E-state index contributed by atoms with van der Waals surface area (Å²) in [6, 6.07) is 5.86. The van der Waals surface area contributed by atoms with Gasteiger partial charge in [0.2, 0.25) is 0 Å². The van der Waals surface area contributed by atoms with Crippen LogP contribution < -0.4 is 5.32 Å². The van der Waals surface area contributed by atoms with Crippen molar-refractivity contribution in [3.05, 3.63) is 53.0 Å². The van der Waals surface area contributed by atoms with Crippen molar-refractivity contribution in [1.82, 2.24) is 4.98 Å². The van der Waals surface area contributed by atoms with Gasteiger partial charge in [0.05, 0.1) is 0 Å². The van der Waals surface area contributed by atoms with Crippen molar-refractivity contribution in [3.63, 3.8) is 0 Å². The van der Waals surface area contributed by atoms with E-state index in [2.05, 4.69) is 36.8 Å². The number of hydrogen-bond acceptors (Lipinski definition) is 4. The Hall–Kier alpha value is -1.94. The van der Waals surface area contributed by atoms with Gasteiger partial charge in [-0.15, -0.1) is 11.3 Å². The van der Waals surface area contributed by atoms with Crippen LogP contribution in [0.3, 0.4) is 0 Å². The van der Waals surface area contributed by atoms with Gasteiger partial charge in [-0.25, -0.2) is 4.98 Å². The van der Waals surface area contributed by atoms with Crippen LogP contribution in [0.4, 0.5) is 5.13 Å². The van der Waals surface area contributed by atoms with Gasteiger partial charge in [0.25, 0.3) is 0 Å². The summed E-state index contributed by atoms with van der Waals surface area (Å²) >= 11 is 1.52. The third-order valence-electron chi connectivity index (χ3n) is 2.83. The highest BCUT2D eigenvalue weighted by molar-refractivity contribution is 7.13. The molecular weight excluding hydrogens is 268 g/mol. The van der Waals surface area contributed by atoms with E-state index in [1.54, 1.807) is 6.20 Å². The molecule has 0 atom stereocenters. The van der Waals surface area contributed by atoms with E-state index >= 15 is 0 Å². The lowest BCUT2D eigenvalue weighted by Gasteiger charge is -2.11. The zero-order chi connectivity index (χ0) is 14.5. The summed E-state index contributed by atoms with van der Waals surface area (Å²) in [5.41, 5.74) is 3.52. The third kappa shape index (κ3) is 3.78. The lowest BCUT2D eigenvalue weighted by molar-refractivity contribution is 0.112. The average molecular weight is 286 g/mol. The molecule has 0 saturated heterocycles. The summed E-state index contributed by atoms with van der Waals surface area (Å²) in [6.45, 7) is 8.36. The van der Waals surface area contributed by atoms with Crippen molar-refractivity contribution in [2.75, 3.05) is 5.32 Å². The molecular formula is C16H18N2OS. The molecule has 0 aliphatic rings. The van der Waals surface area contributed by atoms with Gasteiger partial charge in [0.1, 0.15) is 6.29 Å². The van der Waals surface area contributed by atoms with Gasteiger partial charge in [0.15, 0.2) is 5.13 Å². The van der Waals surface area contributed by atoms with Gasteiger partial charge in [-0.2, -0.15) is 0 Å². The Kier molecular flexibility index (Phi) is 4.69. The van der Waals surface area contributed by atoms with Crippen LogP contribution in [0.2, 0.25) is 0 Å². The Morgan fingerprint density at radius 1 is 1.45 bits per heavy atom. The molecule has 1 heterocycles. The lowest BCUT2D eigenvalue weighted by atomic mass is 9.98. The second-order valence-electron chi connectivity index (χ2n) is 5.12. The molecule has 0 spiro atoms. The molecule has 20 heavy (non-hydrogen) atoms. The predicted octanol–water partition coefficient (Wildman–Crippen LogP) is 4.24. The summed E-state index contributed by atoms with van der Waals surface area (Å²) in [5, 5.41) is 5.87. The topological polar surface area (TPSA) is 42.0 Å². The minimum atomic E-state index is 0.546. The van der Waals surface area contributed by atoms with Gasteiger partial charge in [-0.05, 0) is 41.7 Å². The highest BCUT2D eigenvalue weighted by Crippen LogP contribution is 2.22. The van der Waals surface area contributed by atoms with E-state index < -0.39 is 0 Å². The molecule has 0 aliphatic carbocycles. The maximum atomic E-state index is 11.1. The van der Waals surface area contributed by atoms with Crippen LogP contribution >= 0.6 is 11.3 Å². The molecule has 0 bridgehead atoms. The summed E-state index contributed by atoms with van der Waals surface area (Å²) < 4.78 is 0. The minimum absolute atomic E-state index is 0.546. The van der Waals surface area contributed by atoms with Crippen molar-refractivity contribution in [1.29, 1.82) is 0 Å². The molecule has 1 aromatic carbocycles.